The minimum absolute atomic E-state index is 0.381. The topological polar surface area (TPSA) is 52.1 Å². The number of ether oxygens (including phenoxy) is 1. The van der Waals surface area contributed by atoms with Gasteiger partial charge in [-0.3, -0.25) is 0 Å². The first kappa shape index (κ1) is 13.2. The molecule has 0 bridgehead atoms. The minimum atomic E-state index is -0.381. The first-order valence-corrected chi connectivity index (χ1v) is 6.18. The molecule has 1 aromatic heterocycles. The molecule has 2 aromatic rings. The number of nitrogens with zero attached hydrogens (tertiary/aromatic N) is 2. The maximum atomic E-state index is 11.8. The summed E-state index contributed by atoms with van der Waals surface area (Å²) < 4.78 is 4.79. The van der Waals surface area contributed by atoms with Crippen LogP contribution in [0.25, 0.3) is 11.4 Å². The van der Waals surface area contributed by atoms with Gasteiger partial charge in [-0.25, -0.2) is 14.8 Å². The lowest BCUT2D eigenvalue weighted by atomic mass is 10.1. The van der Waals surface area contributed by atoms with Gasteiger partial charge in [0, 0.05) is 5.56 Å². The van der Waals surface area contributed by atoms with Gasteiger partial charge in [-0.05, 0) is 13.3 Å². The Morgan fingerprint density at radius 3 is 2.47 bits per heavy atom. The molecule has 0 aliphatic heterocycles. The van der Waals surface area contributed by atoms with Gasteiger partial charge < -0.3 is 4.74 Å². The Balaban J connectivity index is 2.57. The van der Waals surface area contributed by atoms with Crippen molar-refractivity contribution >= 4 is 5.97 Å². The maximum absolute atomic E-state index is 11.8. The van der Waals surface area contributed by atoms with Gasteiger partial charge >= 0.3 is 5.97 Å². The summed E-state index contributed by atoms with van der Waals surface area (Å²) in [6, 6.07) is 9.72. The molecule has 0 spiro atoms. The fraction of sp³-hybridized carbons (Fsp3) is 0.267. The lowest BCUT2D eigenvalue weighted by Crippen LogP contribution is -2.12. The normalized spacial score (nSPS) is 10.3. The van der Waals surface area contributed by atoms with Crippen LogP contribution in [0.5, 0.6) is 0 Å². The Bertz CT molecular complexity index is 595. The van der Waals surface area contributed by atoms with Crippen LogP contribution in [0.2, 0.25) is 0 Å². The van der Waals surface area contributed by atoms with E-state index in [1.165, 1.54) is 7.11 Å². The highest BCUT2D eigenvalue weighted by Gasteiger charge is 2.18. The number of aryl methyl sites for hydroxylation is 2. The molecule has 0 N–H and O–H groups in total. The molecule has 0 atom stereocenters. The molecule has 19 heavy (non-hydrogen) atoms. The van der Waals surface area contributed by atoms with Crippen LogP contribution in [-0.4, -0.2) is 23.0 Å². The highest BCUT2D eigenvalue weighted by molar-refractivity contribution is 5.91. The largest absolute Gasteiger partial charge is 0.465 e. The van der Waals surface area contributed by atoms with Crippen molar-refractivity contribution < 1.29 is 9.53 Å². The monoisotopic (exact) mass is 256 g/mol. The fourth-order valence-electron chi connectivity index (χ4n) is 1.97. The van der Waals surface area contributed by atoms with E-state index < -0.39 is 0 Å². The van der Waals surface area contributed by atoms with Crippen molar-refractivity contribution in [3.05, 3.63) is 47.3 Å². The number of rotatable bonds is 3. The van der Waals surface area contributed by atoms with E-state index in [1.54, 1.807) is 6.92 Å². The second-order valence-electron chi connectivity index (χ2n) is 4.17. The Morgan fingerprint density at radius 2 is 1.89 bits per heavy atom. The van der Waals surface area contributed by atoms with E-state index in [0.717, 1.165) is 11.3 Å². The molecule has 1 aromatic carbocycles. The van der Waals surface area contributed by atoms with Crippen molar-refractivity contribution in [2.24, 2.45) is 0 Å². The molecule has 4 nitrogen and oxygen atoms in total. The zero-order valence-corrected chi connectivity index (χ0v) is 11.3. The van der Waals surface area contributed by atoms with Crippen molar-refractivity contribution in [1.82, 2.24) is 9.97 Å². The van der Waals surface area contributed by atoms with Crippen molar-refractivity contribution in [2.75, 3.05) is 7.11 Å². The summed E-state index contributed by atoms with van der Waals surface area (Å²) in [4.78, 5) is 20.6. The Labute approximate surface area is 112 Å². The van der Waals surface area contributed by atoms with Gasteiger partial charge in [0.05, 0.1) is 18.5 Å². The van der Waals surface area contributed by atoms with Crippen LogP contribution >= 0.6 is 0 Å². The van der Waals surface area contributed by atoms with E-state index in [0.29, 0.717) is 23.5 Å². The van der Waals surface area contributed by atoms with Crippen LogP contribution in [0.3, 0.4) is 0 Å². The highest BCUT2D eigenvalue weighted by atomic mass is 16.5. The zero-order valence-electron chi connectivity index (χ0n) is 11.3. The van der Waals surface area contributed by atoms with Gasteiger partial charge in [0.15, 0.2) is 5.82 Å². The van der Waals surface area contributed by atoms with Crippen LogP contribution in [0.1, 0.15) is 28.7 Å². The summed E-state index contributed by atoms with van der Waals surface area (Å²) in [6.45, 7) is 3.77. The van der Waals surface area contributed by atoms with E-state index in [1.807, 2.05) is 37.3 Å². The first-order chi connectivity index (χ1) is 9.17. The van der Waals surface area contributed by atoms with Gasteiger partial charge in [0.25, 0.3) is 0 Å². The summed E-state index contributed by atoms with van der Waals surface area (Å²) in [7, 11) is 1.37. The standard InChI is InChI=1S/C15H16N2O2/c1-4-12-13(15(18)19-3)10(2)16-14(17-12)11-8-6-5-7-9-11/h5-9H,4H2,1-3H3. The van der Waals surface area contributed by atoms with Crippen molar-refractivity contribution in [3.8, 4) is 11.4 Å². The van der Waals surface area contributed by atoms with Gasteiger partial charge in [0.1, 0.15) is 5.56 Å². The van der Waals surface area contributed by atoms with Crippen molar-refractivity contribution in [3.63, 3.8) is 0 Å². The predicted molar refractivity (Wildman–Crippen MR) is 72.9 cm³/mol. The molecule has 0 aliphatic carbocycles. The molecule has 0 radical (unpaired) electrons. The molecule has 0 aliphatic rings. The number of methoxy groups -OCH3 is 1. The Hall–Kier alpha value is -2.23. The third kappa shape index (κ3) is 2.62. The second kappa shape index (κ2) is 5.61. The van der Waals surface area contributed by atoms with E-state index >= 15 is 0 Å². The number of hydrogen-bond donors (Lipinski definition) is 0. The van der Waals surface area contributed by atoms with Crippen molar-refractivity contribution in [2.45, 2.75) is 20.3 Å². The number of aromatic nitrogens is 2. The molecule has 2 rings (SSSR count). The van der Waals surface area contributed by atoms with Crippen LogP contribution in [0.4, 0.5) is 0 Å². The summed E-state index contributed by atoms with van der Waals surface area (Å²) in [5.74, 6) is 0.261. The van der Waals surface area contributed by atoms with Crippen LogP contribution < -0.4 is 0 Å². The molecule has 1 heterocycles. The summed E-state index contributed by atoms with van der Waals surface area (Å²) in [5.41, 5.74) is 2.79. The quantitative estimate of drug-likeness (QED) is 0.792. The minimum Gasteiger partial charge on any atom is -0.465 e. The highest BCUT2D eigenvalue weighted by Crippen LogP contribution is 2.19. The molecule has 98 valence electrons. The summed E-state index contributed by atoms with van der Waals surface area (Å²) >= 11 is 0. The fourth-order valence-corrected chi connectivity index (χ4v) is 1.97. The predicted octanol–water partition coefficient (Wildman–Crippen LogP) is 2.80. The Kier molecular flexibility index (Phi) is 3.90. The lowest BCUT2D eigenvalue weighted by molar-refractivity contribution is 0.0597. The number of hydrogen-bond acceptors (Lipinski definition) is 4. The molecular weight excluding hydrogens is 240 g/mol. The third-order valence-electron chi connectivity index (χ3n) is 2.92. The van der Waals surface area contributed by atoms with E-state index in [9.17, 15) is 4.79 Å². The SMILES string of the molecule is CCc1nc(-c2ccccc2)nc(C)c1C(=O)OC. The molecule has 0 amide bonds. The average Bonchev–Trinajstić information content (AvgIpc) is 2.46. The number of carbonyl (C=O) groups is 1. The van der Waals surface area contributed by atoms with Crippen LogP contribution in [0.15, 0.2) is 30.3 Å². The number of benzene rings is 1. The molecule has 0 saturated heterocycles. The molecular formula is C15H16N2O2. The van der Waals surface area contributed by atoms with Gasteiger partial charge in [-0.2, -0.15) is 0 Å². The second-order valence-corrected chi connectivity index (χ2v) is 4.17. The third-order valence-corrected chi connectivity index (χ3v) is 2.92. The summed E-state index contributed by atoms with van der Waals surface area (Å²) in [5, 5.41) is 0. The first-order valence-electron chi connectivity index (χ1n) is 6.18. The van der Waals surface area contributed by atoms with Crippen LogP contribution in [0, 0.1) is 6.92 Å². The number of carbonyl (C=O) groups excluding carboxylic acids is 1. The molecule has 0 saturated carbocycles. The van der Waals surface area contributed by atoms with Gasteiger partial charge in [0.2, 0.25) is 0 Å². The van der Waals surface area contributed by atoms with E-state index in [-0.39, 0.29) is 5.97 Å². The molecule has 0 unspecified atom stereocenters. The summed E-state index contributed by atoms with van der Waals surface area (Å²) in [6.07, 6.45) is 0.660. The Morgan fingerprint density at radius 1 is 1.21 bits per heavy atom. The van der Waals surface area contributed by atoms with E-state index in [4.69, 9.17) is 4.74 Å². The zero-order chi connectivity index (χ0) is 13.8. The molecule has 0 fully saturated rings. The lowest BCUT2D eigenvalue weighted by Gasteiger charge is -2.10. The smallest absolute Gasteiger partial charge is 0.341 e. The van der Waals surface area contributed by atoms with Crippen LogP contribution in [-0.2, 0) is 11.2 Å². The molecule has 4 heteroatoms. The average molecular weight is 256 g/mol. The van der Waals surface area contributed by atoms with Gasteiger partial charge in [-0.15, -0.1) is 0 Å². The van der Waals surface area contributed by atoms with E-state index in [2.05, 4.69) is 9.97 Å². The number of esters is 1. The van der Waals surface area contributed by atoms with Crippen molar-refractivity contribution in [1.29, 1.82) is 0 Å². The van der Waals surface area contributed by atoms with Gasteiger partial charge in [-0.1, -0.05) is 37.3 Å². The maximum Gasteiger partial charge on any atom is 0.341 e.